The van der Waals surface area contributed by atoms with Crippen LogP contribution in [0.3, 0.4) is 0 Å². The maximum Gasteiger partial charge on any atom is 0.152 e. The summed E-state index contributed by atoms with van der Waals surface area (Å²) in [5.74, 6) is 0.00463. The zero-order valence-corrected chi connectivity index (χ0v) is 6.03. The first-order valence-electron chi connectivity index (χ1n) is 2.51. The van der Waals surface area contributed by atoms with E-state index in [2.05, 4.69) is 6.92 Å². The predicted octanol–water partition coefficient (Wildman–Crippen LogP) is 0.644. The van der Waals surface area contributed by atoms with Crippen LogP contribution < -0.4 is 0 Å². The fourth-order valence-corrected chi connectivity index (χ4v) is 0.707. The zero-order valence-electron chi connectivity index (χ0n) is 5.22. The van der Waals surface area contributed by atoms with Gasteiger partial charge in [0.15, 0.2) is 9.84 Å². The van der Waals surface area contributed by atoms with Gasteiger partial charge in [0.05, 0.1) is 11.0 Å². The summed E-state index contributed by atoms with van der Waals surface area (Å²) in [5, 5.41) is -0.278. The minimum atomic E-state index is -2.85. The third-order valence-electron chi connectivity index (χ3n) is 1.00. The average molecular weight is 135 g/mol. The lowest BCUT2D eigenvalue weighted by Gasteiger charge is -2.01. The molecule has 0 aliphatic rings. The molecule has 8 heavy (non-hydrogen) atoms. The van der Waals surface area contributed by atoms with E-state index in [-0.39, 0.29) is 11.0 Å². The van der Waals surface area contributed by atoms with Gasteiger partial charge in [-0.2, -0.15) is 0 Å². The molecule has 0 saturated heterocycles. The first-order chi connectivity index (χ1) is 3.50. The molecule has 0 spiro atoms. The molecule has 0 aliphatic heterocycles. The van der Waals surface area contributed by atoms with E-state index in [1.165, 1.54) is 0 Å². The summed E-state index contributed by atoms with van der Waals surface area (Å²) in [6, 6.07) is 0. The molecule has 0 aromatic heterocycles. The first kappa shape index (κ1) is 7.95. The summed E-state index contributed by atoms with van der Waals surface area (Å²) in [6.07, 6.45) is 0. The third kappa shape index (κ3) is 1.82. The number of hydrogen-bond acceptors (Lipinski definition) is 2. The largest absolute Gasteiger partial charge is 0.229 e. The number of sulfone groups is 1. The molecule has 0 fully saturated rings. The molecule has 0 rings (SSSR count). The SMILES string of the molecule is [CH2]CS(=O)(=O)C(C)C. The van der Waals surface area contributed by atoms with Gasteiger partial charge in [0, 0.05) is 0 Å². The van der Waals surface area contributed by atoms with Gasteiger partial charge in [-0.1, -0.05) is 0 Å². The molecule has 0 aromatic carbocycles. The molecule has 2 nitrogen and oxygen atoms in total. The predicted molar refractivity (Wildman–Crippen MR) is 34.3 cm³/mol. The molecular formula is C5H11O2S. The van der Waals surface area contributed by atoms with Crippen molar-refractivity contribution in [3.8, 4) is 0 Å². The average Bonchev–Trinajstić information content (AvgIpc) is 1.67. The quantitative estimate of drug-likeness (QED) is 0.557. The first-order valence-corrected chi connectivity index (χ1v) is 4.23. The van der Waals surface area contributed by atoms with Crippen molar-refractivity contribution in [2.45, 2.75) is 19.1 Å². The lowest BCUT2D eigenvalue weighted by Crippen LogP contribution is -2.15. The Bertz CT molecular complexity index is 144. The molecule has 0 unspecified atom stereocenters. The summed E-state index contributed by atoms with van der Waals surface area (Å²) in [7, 11) is -2.85. The highest BCUT2D eigenvalue weighted by atomic mass is 32.2. The Labute approximate surface area is 50.8 Å². The summed E-state index contributed by atoms with van der Waals surface area (Å²) in [4.78, 5) is 0. The third-order valence-corrected chi connectivity index (χ3v) is 3.01. The van der Waals surface area contributed by atoms with Crippen LogP contribution in [0.25, 0.3) is 0 Å². The van der Waals surface area contributed by atoms with Crippen LogP contribution in [0.2, 0.25) is 0 Å². The second-order valence-electron chi connectivity index (χ2n) is 1.92. The smallest absolute Gasteiger partial charge is 0.152 e. The molecule has 1 radical (unpaired) electrons. The fourth-order valence-electron chi connectivity index (χ4n) is 0.236. The van der Waals surface area contributed by atoms with E-state index in [4.69, 9.17) is 0 Å². The summed E-state index contributed by atoms with van der Waals surface area (Å²) in [6.45, 7) is 6.60. The van der Waals surface area contributed by atoms with Crippen LogP contribution in [-0.4, -0.2) is 19.4 Å². The topological polar surface area (TPSA) is 34.1 Å². The molecule has 49 valence electrons. The highest BCUT2D eigenvalue weighted by Crippen LogP contribution is 1.97. The Hall–Kier alpha value is -0.0500. The summed E-state index contributed by atoms with van der Waals surface area (Å²) < 4.78 is 21.3. The van der Waals surface area contributed by atoms with Crippen molar-refractivity contribution < 1.29 is 8.42 Å². The molecular weight excluding hydrogens is 124 g/mol. The van der Waals surface area contributed by atoms with Gasteiger partial charge in [-0.3, -0.25) is 0 Å². The zero-order chi connectivity index (χ0) is 6.78. The van der Waals surface area contributed by atoms with Crippen molar-refractivity contribution in [3.05, 3.63) is 6.92 Å². The summed E-state index contributed by atoms with van der Waals surface area (Å²) >= 11 is 0. The van der Waals surface area contributed by atoms with E-state index in [0.717, 1.165) is 0 Å². The van der Waals surface area contributed by atoms with E-state index in [1.54, 1.807) is 13.8 Å². The molecule has 0 atom stereocenters. The maximum absolute atomic E-state index is 10.6. The summed E-state index contributed by atoms with van der Waals surface area (Å²) in [5.41, 5.74) is 0. The molecule has 0 bridgehead atoms. The Kier molecular flexibility index (Phi) is 2.47. The van der Waals surface area contributed by atoms with E-state index in [0.29, 0.717) is 0 Å². The van der Waals surface area contributed by atoms with E-state index < -0.39 is 9.84 Å². The van der Waals surface area contributed by atoms with Crippen LogP contribution >= 0.6 is 0 Å². The standard InChI is InChI=1S/C5H11O2S/c1-4-8(6,7)5(2)3/h5H,1,4H2,2-3H3. The van der Waals surface area contributed by atoms with Crippen molar-refractivity contribution in [2.24, 2.45) is 0 Å². The van der Waals surface area contributed by atoms with Crippen LogP contribution in [-0.2, 0) is 9.84 Å². The minimum Gasteiger partial charge on any atom is -0.229 e. The van der Waals surface area contributed by atoms with Crippen molar-refractivity contribution >= 4 is 9.84 Å². The molecule has 0 amide bonds. The second kappa shape index (κ2) is 2.49. The highest BCUT2D eigenvalue weighted by Gasteiger charge is 2.11. The molecule has 0 heterocycles. The van der Waals surface area contributed by atoms with Gasteiger partial charge in [-0.15, -0.1) is 0 Å². The van der Waals surface area contributed by atoms with Gasteiger partial charge in [-0.05, 0) is 20.8 Å². The Morgan fingerprint density at radius 3 is 1.88 bits per heavy atom. The second-order valence-corrected chi connectivity index (χ2v) is 4.59. The minimum absolute atomic E-state index is 0.00463. The number of rotatable bonds is 2. The van der Waals surface area contributed by atoms with Gasteiger partial charge >= 0.3 is 0 Å². The fraction of sp³-hybridized carbons (Fsp3) is 0.800. The van der Waals surface area contributed by atoms with Crippen LogP contribution in [0.1, 0.15) is 13.8 Å². The monoisotopic (exact) mass is 135 g/mol. The van der Waals surface area contributed by atoms with Crippen LogP contribution in [0.4, 0.5) is 0 Å². The Morgan fingerprint density at radius 2 is 1.88 bits per heavy atom. The molecule has 0 saturated carbocycles. The van der Waals surface area contributed by atoms with Crippen molar-refractivity contribution in [2.75, 3.05) is 5.75 Å². The lowest BCUT2D eigenvalue weighted by molar-refractivity contribution is 0.590. The van der Waals surface area contributed by atoms with Crippen molar-refractivity contribution in [3.63, 3.8) is 0 Å². The molecule has 0 aromatic rings. The van der Waals surface area contributed by atoms with Gasteiger partial charge < -0.3 is 0 Å². The maximum atomic E-state index is 10.6. The highest BCUT2D eigenvalue weighted by molar-refractivity contribution is 7.92. The Balaban J connectivity index is 4.17. The lowest BCUT2D eigenvalue weighted by atomic mass is 10.6. The van der Waals surface area contributed by atoms with E-state index in [1.807, 2.05) is 0 Å². The normalized spacial score (nSPS) is 12.5. The van der Waals surface area contributed by atoms with Gasteiger partial charge in [-0.25, -0.2) is 8.42 Å². The van der Waals surface area contributed by atoms with Gasteiger partial charge in [0.25, 0.3) is 0 Å². The van der Waals surface area contributed by atoms with Crippen molar-refractivity contribution in [1.82, 2.24) is 0 Å². The molecule has 0 aliphatic carbocycles. The Morgan fingerprint density at radius 1 is 1.50 bits per heavy atom. The molecule has 0 N–H and O–H groups in total. The van der Waals surface area contributed by atoms with Crippen LogP contribution in [0.5, 0.6) is 0 Å². The molecule has 3 heteroatoms. The van der Waals surface area contributed by atoms with Gasteiger partial charge in [0.2, 0.25) is 0 Å². The van der Waals surface area contributed by atoms with Crippen LogP contribution in [0, 0.1) is 6.92 Å². The van der Waals surface area contributed by atoms with Gasteiger partial charge in [0.1, 0.15) is 0 Å². The van der Waals surface area contributed by atoms with E-state index in [9.17, 15) is 8.42 Å². The van der Waals surface area contributed by atoms with Crippen LogP contribution in [0.15, 0.2) is 0 Å². The van der Waals surface area contributed by atoms with Crippen molar-refractivity contribution in [1.29, 1.82) is 0 Å². The van der Waals surface area contributed by atoms with E-state index >= 15 is 0 Å². The number of hydrogen-bond donors (Lipinski definition) is 0.